The Balaban J connectivity index is 2.33. The van der Waals surface area contributed by atoms with Crippen molar-refractivity contribution >= 4 is 17.3 Å². The van der Waals surface area contributed by atoms with Crippen LogP contribution in [0.5, 0.6) is 0 Å². The van der Waals surface area contributed by atoms with Gasteiger partial charge >= 0.3 is 0 Å². The highest BCUT2D eigenvalue weighted by molar-refractivity contribution is 7.09. The Morgan fingerprint density at radius 2 is 2.60 bits per heavy atom. The highest BCUT2D eigenvalue weighted by atomic mass is 32.1. The number of hydrogen-bond donors (Lipinski definition) is 2. The van der Waals surface area contributed by atoms with Gasteiger partial charge in [0.2, 0.25) is 0 Å². The van der Waals surface area contributed by atoms with Crippen LogP contribution in [0, 0.1) is 0 Å². The van der Waals surface area contributed by atoms with Gasteiger partial charge in [-0.1, -0.05) is 0 Å². The Hall–Kier alpha value is -1.14. The van der Waals surface area contributed by atoms with Crippen LogP contribution in [-0.4, -0.2) is 30.7 Å². The normalized spacial score (nSPS) is 13.9. The van der Waals surface area contributed by atoms with Crippen molar-refractivity contribution in [3.05, 3.63) is 16.6 Å². The Labute approximate surface area is 93.4 Å². The maximum atomic E-state index is 5.68. The minimum atomic E-state index is 0.162. The largest absolute Gasteiger partial charge is 0.383 e. The van der Waals surface area contributed by atoms with E-state index in [4.69, 9.17) is 10.5 Å². The van der Waals surface area contributed by atoms with Crippen molar-refractivity contribution < 1.29 is 4.74 Å². The summed E-state index contributed by atoms with van der Waals surface area (Å²) in [6.45, 7) is 3.11. The molecule has 0 amide bonds. The molecule has 0 bridgehead atoms. The zero-order valence-corrected chi connectivity index (χ0v) is 9.75. The molecule has 3 N–H and O–H groups in total. The van der Waals surface area contributed by atoms with Crippen molar-refractivity contribution in [1.29, 1.82) is 0 Å². The van der Waals surface area contributed by atoms with Crippen LogP contribution < -0.4 is 11.1 Å². The van der Waals surface area contributed by atoms with Crippen LogP contribution in [0.2, 0.25) is 0 Å². The summed E-state index contributed by atoms with van der Waals surface area (Å²) in [5.41, 5.74) is 5.68. The second-order valence-corrected chi connectivity index (χ2v) is 4.11. The Kier molecular flexibility index (Phi) is 5.06. The molecule has 0 aliphatic heterocycles. The molecule has 1 atom stereocenters. The number of guanidine groups is 1. The molecule has 1 rings (SSSR count). The molecular weight excluding hydrogens is 212 g/mol. The fourth-order valence-corrected chi connectivity index (χ4v) is 1.61. The summed E-state index contributed by atoms with van der Waals surface area (Å²) in [6.07, 6.45) is 1.76. The Bertz CT molecular complexity index is 299. The first kappa shape index (κ1) is 11.9. The first-order chi connectivity index (χ1) is 7.22. The molecule has 0 unspecified atom stereocenters. The lowest BCUT2D eigenvalue weighted by Gasteiger charge is -2.12. The molecule has 0 fully saturated rings. The number of aromatic nitrogens is 1. The summed E-state index contributed by atoms with van der Waals surface area (Å²) in [5.74, 6) is 0.426. The van der Waals surface area contributed by atoms with Crippen LogP contribution in [0.3, 0.4) is 0 Å². The van der Waals surface area contributed by atoms with E-state index in [0.717, 1.165) is 5.01 Å². The molecular formula is C9H16N4OS. The van der Waals surface area contributed by atoms with Gasteiger partial charge in [0.05, 0.1) is 13.2 Å². The van der Waals surface area contributed by atoms with Crippen LogP contribution in [0.4, 0.5) is 0 Å². The van der Waals surface area contributed by atoms with Crippen LogP contribution >= 0.6 is 11.3 Å². The molecule has 0 aromatic carbocycles. The molecule has 1 heterocycles. The molecule has 1 aromatic rings. The quantitative estimate of drug-likeness (QED) is 0.571. The topological polar surface area (TPSA) is 72.5 Å². The van der Waals surface area contributed by atoms with Gasteiger partial charge in [0.15, 0.2) is 5.96 Å². The lowest BCUT2D eigenvalue weighted by molar-refractivity contribution is 0.179. The maximum Gasteiger partial charge on any atom is 0.189 e. The SMILES string of the molecule is COC[C@@H](C)NC(N)=NCc1nccs1. The monoisotopic (exact) mass is 228 g/mol. The van der Waals surface area contributed by atoms with Gasteiger partial charge in [-0.3, -0.25) is 0 Å². The summed E-state index contributed by atoms with van der Waals surface area (Å²) in [6, 6.07) is 0.162. The van der Waals surface area contributed by atoms with E-state index in [1.165, 1.54) is 0 Å². The van der Waals surface area contributed by atoms with Crippen molar-refractivity contribution in [1.82, 2.24) is 10.3 Å². The number of methoxy groups -OCH3 is 1. The smallest absolute Gasteiger partial charge is 0.189 e. The lowest BCUT2D eigenvalue weighted by Crippen LogP contribution is -2.40. The zero-order chi connectivity index (χ0) is 11.1. The second kappa shape index (κ2) is 6.36. The van der Waals surface area contributed by atoms with Crippen LogP contribution in [0.1, 0.15) is 11.9 Å². The molecule has 0 radical (unpaired) electrons. The van der Waals surface area contributed by atoms with Crippen molar-refractivity contribution in [3.8, 4) is 0 Å². The van der Waals surface area contributed by atoms with Gasteiger partial charge < -0.3 is 15.8 Å². The van der Waals surface area contributed by atoms with Crippen molar-refractivity contribution in [2.24, 2.45) is 10.7 Å². The summed E-state index contributed by atoms with van der Waals surface area (Å²) >= 11 is 1.57. The Morgan fingerprint density at radius 1 is 1.80 bits per heavy atom. The van der Waals surface area contributed by atoms with E-state index in [1.54, 1.807) is 24.6 Å². The Morgan fingerprint density at radius 3 is 3.20 bits per heavy atom. The number of ether oxygens (including phenoxy) is 1. The predicted molar refractivity (Wildman–Crippen MR) is 61.9 cm³/mol. The maximum absolute atomic E-state index is 5.68. The minimum Gasteiger partial charge on any atom is -0.383 e. The average molecular weight is 228 g/mol. The highest BCUT2D eigenvalue weighted by Gasteiger charge is 2.01. The van der Waals surface area contributed by atoms with Crippen LogP contribution in [0.15, 0.2) is 16.6 Å². The zero-order valence-electron chi connectivity index (χ0n) is 8.93. The predicted octanol–water partition coefficient (Wildman–Crippen LogP) is 0.582. The van der Waals surface area contributed by atoms with E-state index < -0.39 is 0 Å². The number of hydrogen-bond acceptors (Lipinski definition) is 4. The van der Waals surface area contributed by atoms with E-state index >= 15 is 0 Å². The standard InChI is InChI=1S/C9H16N4OS/c1-7(6-14-2)13-9(10)12-5-8-11-3-4-15-8/h3-4,7H,5-6H2,1-2H3,(H3,10,12,13)/t7-/m1/s1. The number of nitrogens with one attached hydrogen (secondary N) is 1. The van der Waals surface area contributed by atoms with Gasteiger partial charge in [-0.15, -0.1) is 11.3 Å². The number of aliphatic imine (C=N–C) groups is 1. The molecule has 1 aromatic heterocycles. The summed E-state index contributed by atoms with van der Waals surface area (Å²) < 4.78 is 4.97. The van der Waals surface area contributed by atoms with E-state index in [9.17, 15) is 0 Å². The first-order valence-corrected chi connectivity index (χ1v) is 5.54. The van der Waals surface area contributed by atoms with Crippen molar-refractivity contribution in [2.75, 3.05) is 13.7 Å². The van der Waals surface area contributed by atoms with Gasteiger partial charge in [-0.05, 0) is 6.92 Å². The minimum absolute atomic E-state index is 0.162. The van der Waals surface area contributed by atoms with Gasteiger partial charge in [0.1, 0.15) is 5.01 Å². The highest BCUT2D eigenvalue weighted by Crippen LogP contribution is 2.04. The number of thiazole rings is 1. The van der Waals surface area contributed by atoms with Gasteiger partial charge in [-0.2, -0.15) is 0 Å². The van der Waals surface area contributed by atoms with Crippen molar-refractivity contribution in [3.63, 3.8) is 0 Å². The van der Waals surface area contributed by atoms with Gasteiger partial charge in [0.25, 0.3) is 0 Å². The molecule has 15 heavy (non-hydrogen) atoms. The second-order valence-electron chi connectivity index (χ2n) is 3.13. The third kappa shape index (κ3) is 4.75. The van der Waals surface area contributed by atoms with E-state index in [2.05, 4.69) is 15.3 Å². The molecule has 0 spiro atoms. The summed E-state index contributed by atoms with van der Waals surface area (Å²) in [5, 5.41) is 5.90. The molecule has 6 heteroatoms. The molecule has 5 nitrogen and oxygen atoms in total. The van der Waals surface area contributed by atoms with Crippen LogP contribution in [0.25, 0.3) is 0 Å². The van der Waals surface area contributed by atoms with E-state index in [1.807, 2.05) is 12.3 Å². The van der Waals surface area contributed by atoms with Gasteiger partial charge in [0, 0.05) is 24.7 Å². The third-order valence-corrected chi connectivity index (χ3v) is 2.44. The van der Waals surface area contributed by atoms with E-state index in [-0.39, 0.29) is 6.04 Å². The number of nitrogens with two attached hydrogens (primary N) is 1. The first-order valence-electron chi connectivity index (χ1n) is 4.66. The molecule has 0 aliphatic rings. The summed E-state index contributed by atoms with van der Waals surface area (Å²) in [4.78, 5) is 8.27. The molecule has 0 saturated heterocycles. The fourth-order valence-electron chi connectivity index (χ4n) is 1.07. The number of rotatable bonds is 5. The lowest BCUT2D eigenvalue weighted by atomic mass is 10.4. The fraction of sp³-hybridized carbons (Fsp3) is 0.556. The molecule has 84 valence electrons. The average Bonchev–Trinajstić information content (AvgIpc) is 2.67. The van der Waals surface area contributed by atoms with E-state index in [0.29, 0.717) is 19.1 Å². The molecule has 0 saturated carbocycles. The summed E-state index contributed by atoms with van der Waals surface area (Å²) in [7, 11) is 1.65. The number of nitrogens with zero attached hydrogens (tertiary/aromatic N) is 2. The third-order valence-electron chi connectivity index (χ3n) is 1.68. The molecule has 0 aliphatic carbocycles. The van der Waals surface area contributed by atoms with Crippen LogP contribution in [-0.2, 0) is 11.3 Å². The van der Waals surface area contributed by atoms with Gasteiger partial charge in [-0.25, -0.2) is 9.98 Å². The van der Waals surface area contributed by atoms with Crippen molar-refractivity contribution in [2.45, 2.75) is 19.5 Å².